The van der Waals surface area contributed by atoms with Gasteiger partial charge in [-0.25, -0.2) is 4.79 Å². The van der Waals surface area contributed by atoms with Crippen LogP contribution in [0.15, 0.2) is 0 Å². The van der Waals surface area contributed by atoms with Crippen LogP contribution in [0.25, 0.3) is 0 Å². The SMILES string of the molecule is O=C(O)CCCC(=O)NC(=O)NCC1CCSC1. The van der Waals surface area contributed by atoms with Crippen LogP contribution in [0.4, 0.5) is 4.79 Å². The predicted molar refractivity (Wildman–Crippen MR) is 68.5 cm³/mol. The van der Waals surface area contributed by atoms with Gasteiger partial charge in [0.05, 0.1) is 0 Å². The van der Waals surface area contributed by atoms with E-state index in [1.165, 1.54) is 0 Å². The maximum atomic E-state index is 11.3. The van der Waals surface area contributed by atoms with Gasteiger partial charge >= 0.3 is 12.0 Å². The number of imide groups is 1. The number of carboxylic acids is 1. The number of hydrogen-bond donors (Lipinski definition) is 3. The van der Waals surface area contributed by atoms with Crippen LogP contribution >= 0.6 is 11.8 Å². The molecule has 1 atom stereocenters. The van der Waals surface area contributed by atoms with Crippen molar-refractivity contribution in [2.24, 2.45) is 5.92 Å². The molecular formula is C11H18N2O4S. The summed E-state index contributed by atoms with van der Waals surface area (Å²) in [6, 6.07) is -0.493. The highest BCUT2D eigenvalue weighted by atomic mass is 32.2. The van der Waals surface area contributed by atoms with Crippen LogP contribution in [0.2, 0.25) is 0 Å². The summed E-state index contributed by atoms with van der Waals surface area (Å²) in [6.07, 6.45) is 1.33. The molecule has 1 unspecified atom stereocenters. The fourth-order valence-electron chi connectivity index (χ4n) is 1.61. The third-order valence-corrected chi connectivity index (χ3v) is 3.85. The molecule has 0 radical (unpaired) electrons. The Morgan fingerprint density at radius 3 is 2.67 bits per heavy atom. The Morgan fingerprint density at radius 1 is 1.28 bits per heavy atom. The number of amides is 3. The van der Waals surface area contributed by atoms with Crippen LogP contribution in [-0.2, 0) is 9.59 Å². The number of thioether (sulfide) groups is 1. The fourth-order valence-corrected chi connectivity index (χ4v) is 2.90. The highest BCUT2D eigenvalue weighted by molar-refractivity contribution is 7.99. The lowest BCUT2D eigenvalue weighted by molar-refractivity contribution is -0.137. The number of nitrogens with one attached hydrogen (secondary N) is 2. The molecular weight excluding hydrogens is 256 g/mol. The summed E-state index contributed by atoms with van der Waals surface area (Å²) in [7, 11) is 0. The van der Waals surface area contributed by atoms with Crippen molar-refractivity contribution in [3.8, 4) is 0 Å². The first-order valence-electron chi connectivity index (χ1n) is 5.95. The second-order valence-corrected chi connectivity index (χ2v) is 5.38. The van der Waals surface area contributed by atoms with Gasteiger partial charge in [0, 0.05) is 19.4 Å². The molecule has 102 valence electrons. The van der Waals surface area contributed by atoms with E-state index in [1.807, 2.05) is 11.8 Å². The van der Waals surface area contributed by atoms with Gasteiger partial charge in [0.1, 0.15) is 0 Å². The first-order chi connectivity index (χ1) is 8.58. The minimum Gasteiger partial charge on any atom is -0.481 e. The summed E-state index contributed by atoms with van der Waals surface area (Å²) in [5.41, 5.74) is 0. The number of hydrogen-bond acceptors (Lipinski definition) is 4. The lowest BCUT2D eigenvalue weighted by Gasteiger charge is -2.10. The van der Waals surface area contributed by atoms with Gasteiger partial charge in [0.15, 0.2) is 0 Å². The number of rotatable bonds is 6. The van der Waals surface area contributed by atoms with Crippen LogP contribution in [0.3, 0.4) is 0 Å². The standard InChI is InChI=1S/C11H18N2O4S/c14-9(2-1-3-10(15)16)13-11(17)12-6-8-4-5-18-7-8/h8H,1-7H2,(H,15,16)(H2,12,13,14,17). The van der Waals surface area contributed by atoms with E-state index in [4.69, 9.17) is 5.11 Å². The molecule has 1 rings (SSSR count). The number of carbonyl (C=O) groups is 3. The molecule has 0 aliphatic carbocycles. The Balaban J connectivity index is 2.07. The smallest absolute Gasteiger partial charge is 0.321 e. The van der Waals surface area contributed by atoms with Crippen LogP contribution in [0.5, 0.6) is 0 Å². The third kappa shape index (κ3) is 6.48. The summed E-state index contributed by atoms with van der Waals surface area (Å²) < 4.78 is 0. The Labute approximate surface area is 110 Å². The summed E-state index contributed by atoms with van der Waals surface area (Å²) in [6.45, 7) is 0.585. The molecule has 6 nitrogen and oxygen atoms in total. The highest BCUT2D eigenvalue weighted by Gasteiger charge is 2.16. The van der Waals surface area contributed by atoms with Gasteiger partial charge in [0.25, 0.3) is 0 Å². The van der Waals surface area contributed by atoms with Gasteiger partial charge in [0.2, 0.25) is 5.91 Å². The van der Waals surface area contributed by atoms with E-state index in [0.29, 0.717) is 12.5 Å². The largest absolute Gasteiger partial charge is 0.481 e. The molecule has 0 aromatic rings. The topological polar surface area (TPSA) is 95.5 Å². The van der Waals surface area contributed by atoms with E-state index < -0.39 is 17.9 Å². The zero-order valence-electron chi connectivity index (χ0n) is 10.1. The zero-order chi connectivity index (χ0) is 13.4. The van der Waals surface area contributed by atoms with Crippen LogP contribution in [0.1, 0.15) is 25.7 Å². The first-order valence-corrected chi connectivity index (χ1v) is 7.10. The number of urea groups is 1. The van der Waals surface area contributed by atoms with Gasteiger partial charge in [-0.15, -0.1) is 0 Å². The molecule has 1 aliphatic rings. The Morgan fingerprint density at radius 2 is 2.06 bits per heavy atom. The quantitative estimate of drug-likeness (QED) is 0.666. The summed E-state index contributed by atoms with van der Waals surface area (Å²) in [4.78, 5) is 32.8. The van der Waals surface area contributed by atoms with Crippen molar-refractivity contribution >= 4 is 29.7 Å². The lowest BCUT2D eigenvalue weighted by Crippen LogP contribution is -2.41. The maximum absolute atomic E-state index is 11.3. The molecule has 1 aliphatic heterocycles. The van der Waals surface area contributed by atoms with E-state index in [-0.39, 0.29) is 19.3 Å². The maximum Gasteiger partial charge on any atom is 0.321 e. The molecule has 7 heteroatoms. The van der Waals surface area contributed by atoms with Crippen LogP contribution in [0, 0.1) is 5.92 Å². The van der Waals surface area contributed by atoms with E-state index in [0.717, 1.165) is 17.9 Å². The van der Waals surface area contributed by atoms with Gasteiger partial charge in [-0.2, -0.15) is 11.8 Å². The molecule has 0 spiro atoms. The van der Waals surface area contributed by atoms with Crippen molar-refractivity contribution in [3.05, 3.63) is 0 Å². The highest BCUT2D eigenvalue weighted by Crippen LogP contribution is 2.22. The second-order valence-electron chi connectivity index (χ2n) is 4.24. The van der Waals surface area contributed by atoms with E-state index in [2.05, 4.69) is 10.6 Å². The Hall–Kier alpha value is -1.24. The van der Waals surface area contributed by atoms with E-state index >= 15 is 0 Å². The molecule has 18 heavy (non-hydrogen) atoms. The molecule has 1 fully saturated rings. The molecule has 3 amide bonds. The van der Waals surface area contributed by atoms with Crippen molar-refractivity contribution in [2.75, 3.05) is 18.1 Å². The van der Waals surface area contributed by atoms with Crippen molar-refractivity contribution in [3.63, 3.8) is 0 Å². The summed E-state index contributed by atoms with van der Waals surface area (Å²) in [5.74, 6) is 1.29. The average Bonchev–Trinajstić information content (AvgIpc) is 2.78. The van der Waals surface area contributed by atoms with Gasteiger partial charge < -0.3 is 10.4 Å². The van der Waals surface area contributed by atoms with Crippen molar-refractivity contribution in [2.45, 2.75) is 25.7 Å². The van der Waals surface area contributed by atoms with Crippen LogP contribution in [-0.4, -0.2) is 41.1 Å². The predicted octanol–water partition coefficient (Wildman–Crippen LogP) is 0.820. The Kier molecular flexibility index (Phi) is 6.56. The van der Waals surface area contributed by atoms with Gasteiger partial charge in [-0.05, 0) is 30.3 Å². The second kappa shape index (κ2) is 7.97. The minimum atomic E-state index is -0.939. The first kappa shape index (κ1) is 14.8. The molecule has 0 aromatic heterocycles. The van der Waals surface area contributed by atoms with Crippen molar-refractivity contribution in [1.29, 1.82) is 0 Å². The molecule has 1 heterocycles. The van der Waals surface area contributed by atoms with Gasteiger partial charge in [-0.3, -0.25) is 14.9 Å². The van der Waals surface area contributed by atoms with Gasteiger partial charge in [-0.1, -0.05) is 0 Å². The van der Waals surface area contributed by atoms with E-state index in [1.54, 1.807) is 0 Å². The number of carbonyl (C=O) groups excluding carboxylic acids is 2. The molecule has 0 saturated carbocycles. The van der Waals surface area contributed by atoms with Crippen molar-refractivity contribution in [1.82, 2.24) is 10.6 Å². The summed E-state index contributed by atoms with van der Waals surface area (Å²) in [5, 5.41) is 13.2. The third-order valence-electron chi connectivity index (χ3n) is 2.62. The molecule has 1 saturated heterocycles. The monoisotopic (exact) mass is 274 g/mol. The normalized spacial score (nSPS) is 18.3. The number of aliphatic carboxylic acids is 1. The van der Waals surface area contributed by atoms with E-state index in [9.17, 15) is 14.4 Å². The van der Waals surface area contributed by atoms with Crippen LogP contribution < -0.4 is 10.6 Å². The number of carboxylic acid groups (broad SMARTS) is 1. The zero-order valence-corrected chi connectivity index (χ0v) is 10.9. The molecule has 0 aromatic carbocycles. The molecule has 0 bridgehead atoms. The average molecular weight is 274 g/mol. The minimum absolute atomic E-state index is 0.0546. The summed E-state index contributed by atoms with van der Waals surface area (Å²) >= 11 is 1.87. The Bertz CT molecular complexity index is 316. The molecule has 3 N–H and O–H groups in total. The van der Waals surface area contributed by atoms with Crippen molar-refractivity contribution < 1.29 is 19.5 Å². The lowest BCUT2D eigenvalue weighted by atomic mass is 10.1. The fraction of sp³-hybridized carbons (Fsp3) is 0.727.